The normalized spacial score (nSPS) is 21.6. The second-order valence-electron chi connectivity index (χ2n) is 7.72. The van der Waals surface area contributed by atoms with Crippen LogP contribution in [0.4, 0.5) is 4.79 Å². The summed E-state index contributed by atoms with van der Waals surface area (Å²) in [4.78, 5) is 34.5. The summed E-state index contributed by atoms with van der Waals surface area (Å²) in [6, 6.07) is 9.37. The summed E-state index contributed by atoms with van der Waals surface area (Å²) in [5.41, 5.74) is 2.16. The van der Waals surface area contributed by atoms with Crippen LogP contribution in [0.2, 0.25) is 0 Å². The van der Waals surface area contributed by atoms with Crippen molar-refractivity contribution in [3.05, 3.63) is 35.9 Å². The van der Waals surface area contributed by atoms with Gasteiger partial charge in [-0.1, -0.05) is 35.3 Å². The standard InChI is InChI=1S/C20H26N7O2/c1-14-12-26-16-17(24(3)20(29)25(4)18(16)28)21-19(26)27(22-14)11-10-23(2)13-15-8-6-5-7-9-15/h5-9,16H,10-13H2,1-4H3/q+1. The molecule has 1 aromatic carbocycles. The van der Waals surface area contributed by atoms with Crippen molar-refractivity contribution in [1.29, 1.82) is 0 Å². The van der Waals surface area contributed by atoms with Crippen molar-refractivity contribution >= 4 is 29.4 Å². The van der Waals surface area contributed by atoms with Gasteiger partial charge in [0.05, 0.1) is 5.71 Å². The van der Waals surface area contributed by atoms with E-state index in [0.717, 1.165) is 23.7 Å². The highest BCUT2D eigenvalue weighted by atomic mass is 16.2. The molecule has 9 heteroatoms. The van der Waals surface area contributed by atoms with Crippen LogP contribution in [-0.2, 0) is 11.3 Å². The van der Waals surface area contributed by atoms with Crippen molar-refractivity contribution in [2.75, 3.05) is 40.8 Å². The Kier molecular flexibility index (Phi) is 4.91. The van der Waals surface area contributed by atoms with Crippen LogP contribution in [0.5, 0.6) is 0 Å². The van der Waals surface area contributed by atoms with Crippen molar-refractivity contribution in [3.8, 4) is 0 Å². The molecule has 3 aliphatic rings. The van der Waals surface area contributed by atoms with Crippen LogP contribution in [0.1, 0.15) is 12.5 Å². The number of rotatable bonds is 5. The minimum absolute atomic E-state index is 0.252. The van der Waals surface area contributed by atoms with Gasteiger partial charge >= 0.3 is 12.0 Å². The van der Waals surface area contributed by atoms with Crippen LogP contribution in [0, 0.1) is 0 Å². The van der Waals surface area contributed by atoms with E-state index >= 15 is 0 Å². The molecule has 1 aromatic rings. The maximum Gasteiger partial charge on any atom is 0.416 e. The molecule has 1 atom stereocenters. The van der Waals surface area contributed by atoms with E-state index < -0.39 is 6.04 Å². The average molecular weight is 396 g/mol. The topological polar surface area (TPSA) is 74.8 Å². The SMILES string of the molecule is CC1=NN(CCN(C)Cc2ccccc2)C2=[N+](C1)C1C(=O)N(C)C(=O)N(C)C1=N2. The molecule has 1 unspecified atom stereocenters. The number of nitrogens with zero attached hydrogens (tertiary/aromatic N) is 7. The third kappa shape index (κ3) is 3.42. The first-order valence-electron chi connectivity index (χ1n) is 9.68. The molecule has 0 aromatic heterocycles. The van der Waals surface area contributed by atoms with E-state index in [-0.39, 0.29) is 11.9 Å². The number of urea groups is 1. The van der Waals surface area contributed by atoms with Gasteiger partial charge in [0.2, 0.25) is 11.9 Å². The smallest absolute Gasteiger partial charge is 0.299 e. The molecule has 152 valence electrons. The number of aliphatic imine (C=N–C) groups is 1. The van der Waals surface area contributed by atoms with Crippen LogP contribution >= 0.6 is 0 Å². The Hall–Kier alpha value is -3.07. The predicted octanol–water partition coefficient (Wildman–Crippen LogP) is 0.483. The van der Waals surface area contributed by atoms with E-state index in [1.807, 2.05) is 34.7 Å². The lowest BCUT2D eigenvalue weighted by Crippen LogP contribution is -2.62. The van der Waals surface area contributed by atoms with Gasteiger partial charge in [-0.2, -0.15) is 0 Å². The van der Waals surface area contributed by atoms with Gasteiger partial charge in [-0.15, -0.1) is 10.1 Å². The van der Waals surface area contributed by atoms with Gasteiger partial charge < -0.3 is 0 Å². The zero-order valence-electron chi connectivity index (χ0n) is 17.2. The number of imide groups is 1. The summed E-state index contributed by atoms with van der Waals surface area (Å²) in [6.07, 6.45) is 0. The Labute approximate surface area is 170 Å². The van der Waals surface area contributed by atoms with Crippen LogP contribution in [0.3, 0.4) is 0 Å². The number of carbonyl (C=O) groups excluding carboxylic acids is 2. The molecule has 0 N–H and O–H groups in total. The van der Waals surface area contributed by atoms with Gasteiger partial charge in [-0.25, -0.2) is 9.37 Å². The number of benzene rings is 1. The second-order valence-corrected chi connectivity index (χ2v) is 7.72. The number of hydrazone groups is 1. The number of amidine groups is 1. The van der Waals surface area contributed by atoms with Crippen LogP contribution in [0.25, 0.3) is 0 Å². The van der Waals surface area contributed by atoms with Crippen molar-refractivity contribution in [3.63, 3.8) is 0 Å². The molecule has 0 spiro atoms. The summed E-state index contributed by atoms with van der Waals surface area (Å²) < 4.78 is 1.94. The molecule has 0 aliphatic carbocycles. The quantitative estimate of drug-likeness (QED) is 0.679. The molecule has 4 rings (SSSR count). The van der Waals surface area contributed by atoms with E-state index in [4.69, 9.17) is 0 Å². The Morgan fingerprint density at radius 2 is 1.90 bits per heavy atom. The number of hydrogen-bond donors (Lipinski definition) is 0. The van der Waals surface area contributed by atoms with Crippen molar-refractivity contribution in [2.24, 2.45) is 10.1 Å². The first-order valence-corrected chi connectivity index (χ1v) is 9.68. The summed E-state index contributed by atoms with van der Waals surface area (Å²) >= 11 is 0. The van der Waals surface area contributed by atoms with E-state index in [2.05, 4.69) is 34.2 Å². The monoisotopic (exact) mass is 396 g/mol. The highest BCUT2D eigenvalue weighted by Gasteiger charge is 2.53. The summed E-state index contributed by atoms with van der Waals surface area (Å²) in [6.45, 7) is 4.72. The molecular weight excluding hydrogens is 370 g/mol. The largest absolute Gasteiger partial charge is 0.416 e. The minimum atomic E-state index is -0.576. The lowest BCUT2D eigenvalue weighted by atomic mass is 10.1. The molecule has 3 aliphatic heterocycles. The fourth-order valence-corrected chi connectivity index (χ4v) is 3.87. The maximum atomic E-state index is 12.8. The van der Waals surface area contributed by atoms with E-state index in [0.29, 0.717) is 24.9 Å². The number of fused-ring (bicyclic) bond motifs is 2. The Balaban J connectivity index is 1.52. The predicted molar refractivity (Wildman–Crippen MR) is 110 cm³/mol. The Bertz CT molecular complexity index is 937. The van der Waals surface area contributed by atoms with Crippen LogP contribution in [0.15, 0.2) is 40.4 Å². The average Bonchev–Trinajstić information content (AvgIpc) is 3.09. The Morgan fingerprint density at radius 1 is 1.17 bits per heavy atom. The maximum absolute atomic E-state index is 12.8. The molecule has 29 heavy (non-hydrogen) atoms. The molecule has 9 nitrogen and oxygen atoms in total. The molecule has 0 saturated carbocycles. The van der Waals surface area contributed by atoms with Gasteiger partial charge in [-0.3, -0.25) is 19.5 Å². The number of amides is 3. The fourth-order valence-electron chi connectivity index (χ4n) is 3.87. The zero-order chi connectivity index (χ0) is 20.7. The van der Waals surface area contributed by atoms with Crippen LogP contribution in [-0.4, -0.2) is 101 Å². The highest BCUT2D eigenvalue weighted by Crippen LogP contribution is 2.22. The van der Waals surface area contributed by atoms with Crippen molar-refractivity contribution in [1.82, 2.24) is 19.7 Å². The lowest BCUT2D eigenvalue weighted by Gasteiger charge is -2.32. The third-order valence-corrected chi connectivity index (χ3v) is 5.42. The first-order chi connectivity index (χ1) is 13.9. The van der Waals surface area contributed by atoms with E-state index in [9.17, 15) is 9.59 Å². The third-order valence-electron chi connectivity index (χ3n) is 5.42. The van der Waals surface area contributed by atoms with Gasteiger partial charge in [0.15, 0.2) is 0 Å². The van der Waals surface area contributed by atoms with Crippen molar-refractivity contribution < 1.29 is 14.2 Å². The lowest BCUT2D eigenvalue weighted by molar-refractivity contribution is -0.527. The molecule has 1 saturated heterocycles. The van der Waals surface area contributed by atoms with Gasteiger partial charge in [0.1, 0.15) is 13.1 Å². The number of carbonyl (C=O) groups is 2. The first kappa shape index (κ1) is 19.3. The highest BCUT2D eigenvalue weighted by molar-refractivity contribution is 6.23. The fraction of sp³-hybridized carbons (Fsp3) is 0.450. The molecule has 3 heterocycles. The number of hydrogen-bond acceptors (Lipinski definition) is 6. The molecule has 0 bridgehead atoms. The zero-order valence-corrected chi connectivity index (χ0v) is 17.2. The number of guanidine groups is 1. The minimum Gasteiger partial charge on any atom is -0.299 e. The molecule has 3 amide bonds. The van der Waals surface area contributed by atoms with E-state index in [1.54, 1.807) is 7.05 Å². The summed E-state index contributed by atoms with van der Waals surface area (Å²) in [7, 11) is 5.24. The number of likely N-dealkylation sites (N-methyl/N-ethyl adjacent to an activating group) is 3. The molecule has 1 fully saturated rings. The second kappa shape index (κ2) is 7.40. The van der Waals surface area contributed by atoms with Gasteiger partial charge in [0, 0.05) is 27.2 Å². The van der Waals surface area contributed by atoms with Crippen molar-refractivity contribution in [2.45, 2.75) is 19.5 Å². The summed E-state index contributed by atoms with van der Waals surface area (Å²) in [5.74, 6) is 0.852. The van der Waals surface area contributed by atoms with Crippen LogP contribution < -0.4 is 0 Å². The van der Waals surface area contributed by atoms with E-state index in [1.165, 1.54) is 17.5 Å². The van der Waals surface area contributed by atoms with Gasteiger partial charge in [-0.05, 0) is 19.5 Å². The molecular formula is C20H26N7O2+. The Morgan fingerprint density at radius 3 is 2.62 bits per heavy atom. The molecule has 0 radical (unpaired) electrons. The van der Waals surface area contributed by atoms with Gasteiger partial charge in [0.25, 0.3) is 5.91 Å². The summed E-state index contributed by atoms with van der Waals surface area (Å²) in [5, 5.41) is 6.50.